The number of aryl methyl sites for hydroxylation is 2. The van der Waals surface area contributed by atoms with Gasteiger partial charge in [0.05, 0.1) is 12.5 Å². The minimum Gasteiger partial charge on any atom is -0.472 e. The van der Waals surface area contributed by atoms with Gasteiger partial charge in [-0.1, -0.05) is 23.8 Å². The molecule has 0 fully saturated rings. The van der Waals surface area contributed by atoms with E-state index in [-0.39, 0.29) is 0 Å². The molecular weight excluding hydrogens is 198 g/mol. The van der Waals surface area contributed by atoms with Gasteiger partial charge < -0.3 is 9.73 Å². The lowest BCUT2D eigenvalue weighted by atomic mass is 10.1. The maximum absolute atomic E-state index is 5.02. The third-order valence-corrected chi connectivity index (χ3v) is 2.73. The van der Waals surface area contributed by atoms with Crippen LogP contribution in [0.1, 0.15) is 22.3 Å². The van der Waals surface area contributed by atoms with Crippen LogP contribution in [0, 0.1) is 13.8 Å². The summed E-state index contributed by atoms with van der Waals surface area (Å²) >= 11 is 0. The Morgan fingerprint density at radius 2 is 2.00 bits per heavy atom. The van der Waals surface area contributed by atoms with Crippen molar-refractivity contribution in [2.75, 3.05) is 0 Å². The molecule has 2 aromatic rings. The summed E-state index contributed by atoms with van der Waals surface area (Å²) in [5.74, 6) is 0. The molecular formula is C14H17NO. The molecule has 84 valence electrons. The molecule has 1 aromatic carbocycles. The first-order chi connectivity index (χ1) is 7.75. The van der Waals surface area contributed by atoms with Gasteiger partial charge in [-0.25, -0.2) is 0 Å². The quantitative estimate of drug-likeness (QED) is 0.847. The van der Waals surface area contributed by atoms with Gasteiger partial charge >= 0.3 is 0 Å². The predicted octanol–water partition coefficient (Wildman–Crippen LogP) is 3.19. The standard InChI is InChI=1S/C14H17NO/c1-11-3-4-12(2)14(7-11)9-15-8-13-5-6-16-10-13/h3-7,10,15H,8-9H2,1-2H3. The molecule has 0 bridgehead atoms. The lowest BCUT2D eigenvalue weighted by Crippen LogP contribution is -2.13. The zero-order chi connectivity index (χ0) is 11.4. The Kier molecular flexibility index (Phi) is 3.42. The van der Waals surface area contributed by atoms with Crippen molar-refractivity contribution < 1.29 is 4.42 Å². The Balaban J connectivity index is 1.92. The summed E-state index contributed by atoms with van der Waals surface area (Å²) in [7, 11) is 0. The highest BCUT2D eigenvalue weighted by Crippen LogP contribution is 2.10. The summed E-state index contributed by atoms with van der Waals surface area (Å²) in [6, 6.07) is 8.53. The summed E-state index contributed by atoms with van der Waals surface area (Å²) in [6.45, 7) is 6.02. The molecule has 0 amide bonds. The first kappa shape index (κ1) is 11.0. The van der Waals surface area contributed by atoms with E-state index in [0.29, 0.717) is 0 Å². The molecule has 0 aliphatic carbocycles. The van der Waals surface area contributed by atoms with Gasteiger partial charge in [-0.15, -0.1) is 0 Å². The Labute approximate surface area is 96.3 Å². The topological polar surface area (TPSA) is 25.2 Å². The molecule has 0 aliphatic rings. The smallest absolute Gasteiger partial charge is 0.0947 e. The summed E-state index contributed by atoms with van der Waals surface area (Å²) in [5.41, 5.74) is 5.20. The zero-order valence-corrected chi connectivity index (χ0v) is 9.79. The Morgan fingerprint density at radius 3 is 2.75 bits per heavy atom. The summed E-state index contributed by atoms with van der Waals surface area (Å²) in [5, 5.41) is 3.41. The normalized spacial score (nSPS) is 10.6. The third-order valence-electron chi connectivity index (χ3n) is 2.73. The molecule has 16 heavy (non-hydrogen) atoms. The number of nitrogens with one attached hydrogen (secondary N) is 1. The van der Waals surface area contributed by atoms with E-state index in [0.717, 1.165) is 13.1 Å². The largest absolute Gasteiger partial charge is 0.472 e. The molecule has 0 spiro atoms. The zero-order valence-electron chi connectivity index (χ0n) is 9.79. The van der Waals surface area contributed by atoms with Gasteiger partial charge in [0.25, 0.3) is 0 Å². The average molecular weight is 215 g/mol. The van der Waals surface area contributed by atoms with Crippen molar-refractivity contribution in [2.45, 2.75) is 26.9 Å². The number of benzene rings is 1. The van der Waals surface area contributed by atoms with Crippen molar-refractivity contribution in [3.63, 3.8) is 0 Å². The summed E-state index contributed by atoms with van der Waals surface area (Å²) in [6.07, 6.45) is 3.48. The third kappa shape index (κ3) is 2.74. The van der Waals surface area contributed by atoms with E-state index in [1.54, 1.807) is 12.5 Å². The molecule has 2 heteroatoms. The average Bonchev–Trinajstić information content (AvgIpc) is 2.76. The van der Waals surface area contributed by atoms with Crippen LogP contribution in [0.4, 0.5) is 0 Å². The molecule has 0 saturated carbocycles. The van der Waals surface area contributed by atoms with Crippen molar-refractivity contribution in [2.24, 2.45) is 0 Å². The molecule has 0 unspecified atom stereocenters. The predicted molar refractivity (Wildman–Crippen MR) is 65.2 cm³/mol. The van der Waals surface area contributed by atoms with E-state index >= 15 is 0 Å². The van der Waals surface area contributed by atoms with E-state index in [9.17, 15) is 0 Å². The second-order valence-electron chi connectivity index (χ2n) is 4.17. The highest BCUT2D eigenvalue weighted by atomic mass is 16.3. The first-order valence-corrected chi connectivity index (χ1v) is 5.53. The molecule has 2 rings (SSSR count). The minimum absolute atomic E-state index is 0.851. The molecule has 0 atom stereocenters. The molecule has 0 saturated heterocycles. The van der Waals surface area contributed by atoms with Gasteiger partial charge in [-0.05, 0) is 31.0 Å². The minimum atomic E-state index is 0.851. The second kappa shape index (κ2) is 4.99. The van der Waals surface area contributed by atoms with Crippen LogP contribution in [0.25, 0.3) is 0 Å². The van der Waals surface area contributed by atoms with E-state index in [2.05, 4.69) is 37.4 Å². The van der Waals surface area contributed by atoms with Crippen molar-refractivity contribution in [3.05, 3.63) is 59.0 Å². The SMILES string of the molecule is Cc1ccc(C)c(CNCc2ccoc2)c1. The maximum atomic E-state index is 5.02. The van der Waals surface area contributed by atoms with Crippen molar-refractivity contribution in [3.8, 4) is 0 Å². The van der Waals surface area contributed by atoms with E-state index in [1.807, 2.05) is 6.07 Å². The van der Waals surface area contributed by atoms with Gasteiger partial charge in [0.1, 0.15) is 0 Å². The maximum Gasteiger partial charge on any atom is 0.0947 e. The number of hydrogen-bond donors (Lipinski definition) is 1. The van der Waals surface area contributed by atoms with Crippen LogP contribution in [0.15, 0.2) is 41.2 Å². The van der Waals surface area contributed by atoms with Crippen LogP contribution in [-0.4, -0.2) is 0 Å². The van der Waals surface area contributed by atoms with Gasteiger partial charge in [-0.2, -0.15) is 0 Å². The highest BCUT2D eigenvalue weighted by molar-refractivity contribution is 5.30. The molecule has 1 N–H and O–H groups in total. The van der Waals surface area contributed by atoms with Crippen LogP contribution in [0.3, 0.4) is 0 Å². The monoisotopic (exact) mass is 215 g/mol. The Morgan fingerprint density at radius 1 is 1.12 bits per heavy atom. The van der Waals surface area contributed by atoms with Crippen LogP contribution in [0.2, 0.25) is 0 Å². The Bertz CT molecular complexity index is 446. The van der Waals surface area contributed by atoms with E-state index in [4.69, 9.17) is 4.42 Å². The molecule has 1 aromatic heterocycles. The van der Waals surface area contributed by atoms with E-state index in [1.165, 1.54) is 22.3 Å². The molecule has 0 aliphatic heterocycles. The van der Waals surface area contributed by atoms with Crippen molar-refractivity contribution in [1.82, 2.24) is 5.32 Å². The fraction of sp³-hybridized carbons (Fsp3) is 0.286. The van der Waals surface area contributed by atoms with Gasteiger partial charge in [0.15, 0.2) is 0 Å². The fourth-order valence-corrected chi connectivity index (χ4v) is 1.73. The van der Waals surface area contributed by atoms with Crippen molar-refractivity contribution >= 4 is 0 Å². The highest BCUT2D eigenvalue weighted by Gasteiger charge is 1.99. The molecule has 1 heterocycles. The lowest BCUT2D eigenvalue weighted by Gasteiger charge is -2.08. The van der Waals surface area contributed by atoms with E-state index < -0.39 is 0 Å². The van der Waals surface area contributed by atoms with Crippen molar-refractivity contribution in [1.29, 1.82) is 0 Å². The summed E-state index contributed by atoms with van der Waals surface area (Å²) < 4.78 is 5.02. The molecule has 2 nitrogen and oxygen atoms in total. The Hall–Kier alpha value is -1.54. The van der Waals surface area contributed by atoms with Gasteiger partial charge in [0.2, 0.25) is 0 Å². The fourth-order valence-electron chi connectivity index (χ4n) is 1.73. The van der Waals surface area contributed by atoms with Gasteiger partial charge in [0, 0.05) is 18.7 Å². The van der Waals surface area contributed by atoms with Crippen LogP contribution >= 0.6 is 0 Å². The summed E-state index contributed by atoms with van der Waals surface area (Å²) in [4.78, 5) is 0. The van der Waals surface area contributed by atoms with Crippen LogP contribution in [0.5, 0.6) is 0 Å². The first-order valence-electron chi connectivity index (χ1n) is 5.53. The number of furan rings is 1. The molecule has 0 radical (unpaired) electrons. The van der Waals surface area contributed by atoms with Gasteiger partial charge in [-0.3, -0.25) is 0 Å². The van der Waals surface area contributed by atoms with Crippen LogP contribution in [-0.2, 0) is 13.1 Å². The lowest BCUT2D eigenvalue weighted by molar-refractivity contribution is 0.560. The second-order valence-corrected chi connectivity index (χ2v) is 4.17. The van der Waals surface area contributed by atoms with Crippen LogP contribution < -0.4 is 5.32 Å². The number of hydrogen-bond acceptors (Lipinski definition) is 2. The number of rotatable bonds is 4.